The van der Waals surface area contributed by atoms with E-state index >= 15 is 0 Å². The zero-order valence-corrected chi connectivity index (χ0v) is 21.2. The molecule has 4 aromatic rings. The molecule has 190 valence electrons. The highest BCUT2D eigenvalue weighted by Gasteiger charge is 2.33. The van der Waals surface area contributed by atoms with Crippen molar-refractivity contribution in [2.75, 3.05) is 11.4 Å². The summed E-state index contributed by atoms with van der Waals surface area (Å²) in [4.78, 5) is 45.3. The number of nitrogens with one attached hydrogen (secondary N) is 1. The molecule has 9 nitrogen and oxygen atoms in total. The van der Waals surface area contributed by atoms with Gasteiger partial charge in [0.2, 0.25) is 11.8 Å². The van der Waals surface area contributed by atoms with Gasteiger partial charge in [-0.1, -0.05) is 43.3 Å². The lowest BCUT2D eigenvalue weighted by Gasteiger charge is -2.32. The molecule has 0 fully saturated rings. The van der Waals surface area contributed by atoms with Crippen molar-refractivity contribution < 1.29 is 14.4 Å². The van der Waals surface area contributed by atoms with E-state index in [1.807, 2.05) is 24.3 Å². The van der Waals surface area contributed by atoms with E-state index < -0.39 is 6.04 Å². The summed E-state index contributed by atoms with van der Waals surface area (Å²) in [5.41, 5.74) is 2.84. The monoisotopic (exact) mass is 498 g/mol. The average Bonchev–Trinajstić information content (AvgIpc) is 3.30. The predicted octanol–water partition coefficient (Wildman–Crippen LogP) is 3.97. The first kappa shape index (κ1) is 25.7. The van der Waals surface area contributed by atoms with Crippen LogP contribution in [-0.2, 0) is 16.1 Å². The van der Waals surface area contributed by atoms with Crippen LogP contribution in [0.3, 0.4) is 0 Å². The largest absolute Gasteiger partial charge is 0.354 e. The van der Waals surface area contributed by atoms with Crippen molar-refractivity contribution in [1.29, 1.82) is 0 Å². The molecular formula is C28H30N6O3. The van der Waals surface area contributed by atoms with Crippen LogP contribution >= 0.6 is 0 Å². The number of pyridine rings is 1. The second kappa shape index (κ2) is 11.6. The van der Waals surface area contributed by atoms with Gasteiger partial charge < -0.3 is 5.32 Å². The fraction of sp³-hybridized carbons (Fsp3) is 0.286. The first-order valence-electron chi connectivity index (χ1n) is 12.2. The van der Waals surface area contributed by atoms with E-state index in [1.54, 1.807) is 48.8 Å². The van der Waals surface area contributed by atoms with Crippen LogP contribution in [-0.4, -0.2) is 44.1 Å². The third kappa shape index (κ3) is 6.06. The number of rotatable bonds is 10. The Bertz CT molecular complexity index is 1400. The van der Waals surface area contributed by atoms with Crippen LogP contribution in [0.4, 0.5) is 5.69 Å². The van der Waals surface area contributed by atoms with Gasteiger partial charge in [0, 0.05) is 30.2 Å². The zero-order chi connectivity index (χ0) is 26.4. The van der Waals surface area contributed by atoms with E-state index in [2.05, 4.69) is 34.5 Å². The van der Waals surface area contributed by atoms with Gasteiger partial charge in [0.15, 0.2) is 5.78 Å². The van der Waals surface area contributed by atoms with Crippen LogP contribution in [0.25, 0.3) is 11.0 Å². The smallest absolute Gasteiger partial charge is 0.249 e. The molecule has 0 aliphatic carbocycles. The molecule has 1 N–H and O–H groups in total. The maximum atomic E-state index is 14.0. The molecule has 2 heterocycles. The summed E-state index contributed by atoms with van der Waals surface area (Å²) < 4.78 is 1.51. The zero-order valence-electron chi connectivity index (χ0n) is 21.2. The van der Waals surface area contributed by atoms with Crippen LogP contribution in [0, 0.1) is 5.92 Å². The standard InChI is InChI=1S/C28H30N6O3/c1-19(2)11-16-30-28(37)27(21-12-14-29-15-13-21)34(23-8-6-7-22(17-23)20(3)35)26(36)18-33-25-10-5-4-9-24(25)31-32-33/h4-10,12-15,17,19,27H,11,16,18H2,1-3H3,(H,30,37). The number of fused-ring (bicyclic) bond motifs is 1. The third-order valence-electron chi connectivity index (χ3n) is 6.05. The quantitative estimate of drug-likeness (QED) is 0.331. The van der Waals surface area contributed by atoms with Gasteiger partial charge in [-0.25, -0.2) is 4.68 Å². The number of nitrogens with zero attached hydrogens (tertiary/aromatic N) is 5. The average molecular weight is 499 g/mol. The molecule has 0 aliphatic heterocycles. The predicted molar refractivity (Wildman–Crippen MR) is 141 cm³/mol. The molecule has 0 aliphatic rings. The lowest BCUT2D eigenvalue weighted by Crippen LogP contribution is -2.45. The van der Waals surface area contributed by atoms with Gasteiger partial charge in [-0.05, 0) is 61.2 Å². The molecule has 0 saturated heterocycles. The van der Waals surface area contributed by atoms with Crippen LogP contribution in [0.2, 0.25) is 0 Å². The topological polar surface area (TPSA) is 110 Å². The summed E-state index contributed by atoms with van der Waals surface area (Å²) in [6.07, 6.45) is 3.97. The van der Waals surface area contributed by atoms with Gasteiger partial charge in [-0.3, -0.25) is 24.3 Å². The minimum absolute atomic E-state index is 0.140. The Hall–Kier alpha value is -4.40. The van der Waals surface area contributed by atoms with Gasteiger partial charge in [-0.2, -0.15) is 0 Å². The number of aromatic nitrogens is 4. The number of hydrogen-bond donors (Lipinski definition) is 1. The van der Waals surface area contributed by atoms with Crippen LogP contribution in [0.15, 0.2) is 73.1 Å². The van der Waals surface area contributed by atoms with E-state index in [0.29, 0.717) is 40.3 Å². The highest BCUT2D eigenvalue weighted by atomic mass is 16.2. The highest BCUT2D eigenvalue weighted by molar-refractivity contribution is 6.03. The first-order valence-corrected chi connectivity index (χ1v) is 12.2. The Balaban J connectivity index is 1.78. The SMILES string of the molecule is CC(=O)c1cccc(N(C(=O)Cn2nnc3ccccc32)C(C(=O)NCCC(C)C)c2ccncc2)c1. The Labute approximate surface area is 215 Å². The van der Waals surface area contributed by atoms with E-state index in [9.17, 15) is 14.4 Å². The van der Waals surface area contributed by atoms with Crippen molar-refractivity contribution in [3.63, 3.8) is 0 Å². The summed E-state index contributed by atoms with van der Waals surface area (Å²) in [7, 11) is 0. The fourth-order valence-electron chi connectivity index (χ4n) is 4.09. The minimum Gasteiger partial charge on any atom is -0.354 e. The van der Waals surface area contributed by atoms with E-state index in [0.717, 1.165) is 6.42 Å². The molecule has 0 spiro atoms. The van der Waals surface area contributed by atoms with Gasteiger partial charge in [0.25, 0.3) is 0 Å². The minimum atomic E-state index is -0.986. The number of para-hydroxylation sites is 1. The van der Waals surface area contributed by atoms with Gasteiger partial charge in [0.1, 0.15) is 18.1 Å². The van der Waals surface area contributed by atoms with Crippen molar-refractivity contribution >= 4 is 34.3 Å². The second-order valence-electron chi connectivity index (χ2n) is 9.26. The normalized spacial score (nSPS) is 11.9. The number of carbonyl (C=O) groups excluding carboxylic acids is 3. The summed E-state index contributed by atoms with van der Waals surface area (Å²) in [5.74, 6) is -0.433. The second-order valence-corrected chi connectivity index (χ2v) is 9.26. The summed E-state index contributed by atoms with van der Waals surface area (Å²) in [6.45, 7) is 5.95. The van der Waals surface area contributed by atoms with Crippen molar-refractivity contribution in [3.05, 3.63) is 84.2 Å². The van der Waals surface area contributed by atoms with Crippen molar-refractivity contribution in [1.82, 2.24) is 25.3 Å². The molecule has 9 heteroatoms. The Morgan fingerprint density at radius 3 is 2.49 bits per heavy atom. The van der Waals surface area contributed by atoms with Gasteiger partial charge in [0.05, 0.1) is 5.52 Å². The Morgan fingerprint density at radius 2 is 1.76 bits per heavy atom. The molecule has 0 radical (unpaired) electrons. The lowest BCUT2D eigenvalue weighted by atomic mass is 10.0. The van der Waals surface area contributed by atoms with E-state index in [-0.39, 0.29) is 24.1 Å². The summed E-state index contributed by atoms with van der Waals surface area (Å²) >= 11 is 0. The molecule has 37 heavy (non-hydrogen) atoms. The van der Waals surface area contributed by atoms with Crippen molar-refractivity contribution in [2.24, 2.45) is 5.92 Å². The molecule has 0 saturated carbocycles. The lowest BCUT2D eigenvalue weighted by molar-refractivity contribution is -0.127. The van der Waals surface area contributed by atoms with Gasteiger partial charge >= 0.3 is 0 Å². The van der Waals surface area contributed by atoms with E-state index in [4.69, 9.17) is 0 Å². The number of benzene rings is 2. The van der Waals surface area contributed by atoms with Gasteiger partial charge in [-0.15, -0.1) is 5.10 Å². The number of carbonyl (C=O) groups is 3. The number of anilines is 1. The number of Topliss-reactive ketones (excluding diaryl/α,β-unsaturated/α-hetero) is 1. The third-order valence-corrected chi connectivity index (χ3v) is 6.05. The fourth-order valence-corrected chi connectivity index (χ4v) is 4.09. The molecular weight excluding hydrogens is 468 g/mol. The Morgan fingerprint density at radius 1 is 1.00 bits per heavy atom. The highest BCUT2D eigenvalue weighted by Crippen LogP contribution is 2.29. The van der Waals surface area contributed by atoms with E-state index in [1.165, 1.54) is 16.5 Å². The first-order chi connectivity index (χ1) is 17.8. The molecule has 1 unspecified atom stereocenters. The molecule has 0 bridgehead atoms. The molecule has 2 amide bonds. The molecule has 2 aromatic carbocycles. The maximum absolute atomic E-state index is 14.0. The van der Waals surface area contributed by atoms with Crippen LogP contribution in [0.5, 0.6) is 0 Å². The van der Waals surface area contributed by atoms with Crippen molar-refractivity contribution in [2.45, 2.75) is 39.8 Å². The maximum Gasteiger partial charge on any atom is 0.249 e. The number of hydrogen-bond acceptors (Lipinski definition) is 6. The molecule has 4 rings (SSSR count). The summed E-state index contributed by atoms with van der Waals surface area (Å²) in [6, 6.07) is 16.5. The Kier molecular flexibility index (Phi) is 8.02. The summed E-state index contributed by atoms with van der Waals surface area (Å²) in [5, 5.41) is 11.3. The van der Waals surface area contributed by atoms with Crippen LogP contribution in [0.1, 0.15) is 49.2 Å². The van der Waals surface area contributed by atoms with Crippen LogP contribution < -0.4 is 10.2 Å². The molecule has 1 atom stereocenters. The number of ketones is 1. The number of amides is 2. The van der Waals surface area contributed by atoms with Crippen molar-refractivity contribution in [3.8, 4) is 0 Å². The molecule has 2 aromatic heterocycles.